The zero-order valence-corrected chi connectivity index (χ0v) is 10.2. The summed E-state index contributed by atoms with van der Waals surface area (Å²) >= 11 is 0. The molecule has 3 unspecified atom stereocenters. The molecule has 0 spiro atoms. The first-order valence-electron chi connectivity index (χ1n) is 6.16. The monoisotopic (exact) mass is 212 g/mol. The van der Waals surface area contributed by atoms with Crippen molar-refractivity contribution in [3.8, 4) is 0 Å². The number of nitrogens with zero attached hydrogens (tertiary/aromatic N) is 1. The highest BCUT2D eigenvalue weighted by molar-refractivity contribution is 5.02. The van der Waals surface area contributed by atoms with Crippen molar-refractivity contribution in [2.75, 3.05) is 19.7 Å². The normalized spacial score (nSPS) is 37.6. The van der Waals surface area contributed by atoms with Crippen LogP contribution in [0.4, 0.5) is 0 Å². The first-order valence-corrected chi connectivity index (χ1v) is 6.16. The Kier molecular flexibility index (Phi) is 3.06. The van der Waals surface area contributed by atoms with Gasteiger partial charge in [0.15, 0.2) is 0 Å². The fourth-order valence-electron chi connectivity index (χ4n) is 2.84. The fourth-order valence-corrected chi connectivity index (χ4v) is 2.84. The Bertz CT molecular complexity index is 230. The number of morpholine rings is 1. The number of rotatable bonds is 3. The predicted molar refractivity (Wildman–Crippen MR) is 61.8 cm³/mol. The summed E-state index contributed by atoms with van der Waals surface area (Å²) in [6.07, 6.45) is 3.06. The molecule has 0 radical (unpaired) electrons. The molecule has 3 atom stereocenters. The predicted octanol–water partition coefficient (Wildman–Crippen LogP) is 1.22. The van der Waals surface area contributed by atoms with Crippen LogP contribution in [-0.4, -0.2) is 42.3 Å². The van der Waals surface area contributed by atoms with Crippen LogP contribution in [0.3, 0.4) is 0 Å². The van der Waals surface area contributed by atoms with Gasteiger partial charge in [-0.05, 0) is 39.5 Å². The van der Waals surface area contributed by atoms with Crippen LogP contribution in [0.15, 0.2) is 0 Å². The second-order valence-corrected chi connectivity index (χ2v) is 5.48. The van der Waals surface area contributed by atoms with Crippen molar-refractivity contribution >= 4 is 0 Å². The Labute approximate surface area is 93.0 Å². The summed E-state index contributed by atoms with van der Waals surface area (Å²) in [6, 6.07) is 0.510. The minimum Gasteiger partial charge on any atom is -0.376 e. The van der Waals surface area contributed by atoms with Gasteiger partial charge in [-0.15, -0.1) is 0 Å². The van der Waals surface area contributed by atoms with Gasteiger partial charge in [0.2, 0.25) is 0 Å². The molecule has 2 N–H and O–H groups in total. The molecule has 88 valence electrons. The van der Waals surface area contributed by atoms with Gasteiger partial charge >= 0.3 is 0 Å². The molecule has 2 rings (SSSR count). The van der Waals surface area contributed by atoms with Gasteiger partial charge in [-0.25, -0.2) is 0 Å². The molecule has 1 saturated carbocycles. The lowest BCUT2D eigenvalue weighted by Crippen LogP contribution is -2.62. The van der Waals surface area contributed by atoms with Crippen LogP contribution in [0.25, 0.3) is 0 Å². The quantitative estimate of drug-likeness (QED) is 0.764. The minimum absolute atomic E-state index is 0.206. The van der Waals surface area contributed by atoms with E-state index in [-0.39, 0.29) is 5.54 Å². The number of hydrogen-bond donors (Lipinski definition) is 1. The molecule has 2 aliphatic rings. The van der Waals surface area contributed by atoms with E-state index in [9.17, 15) is 0 Å². The van der Waals surface area contributed by atoms with Crippen LogP contribution in [0.1, 0.15) is 33.6 Å². The van der Waals surface area contributed by atoms with Crippen molar-refractivity contribution in [3.63, 3.8) is 0 Å². The van der Waals surface area contributed by atoms with E-state index in [1.165, 1.54) is 12.8 Å². The third kappa shape index (κ3) is 2.05. The van der Waals surface area contributed by atoms with Crippen molar-refractivity contribution in [1.29, 1.82) is 0 Å². The zero-order valence-electron chi connectivity index (χ0n) is 10.2. The minimum atomic E-state index is 0.206. The van der Waals surface area contributed by atoms with Crippen LogP contribution in [0.2, 0.25) is 0 Å². The molecule has 3 heteroatoms. The lowest BCUT2D eigenvalue weighted by molar-refractivity contribution is -0.0937. The maximum absolute atomic E-state index is 6.00. The van der Waals surface area contributed by atoms with Crippen LogP contribution in [-0.2, 0) is 4.74 Å². The first-order chi connectivity index (χ1) is 7.08. The second kappa shape index (κ2) is 4.04. The highest BCUT2D eigenvalue weighted by Crippen LogP contribution is 2.43. The van der Waals surface area contributed by atoms with E-state index in [2.05, 4.69) is 25.7 Å². The largest absolute Gasteiger partial charge is 0.376 e. The molecule has 0 aromatic heterocycles. The van der Waals surface area contributed by atoms with Crippen molar-refractivity contribution in [3.05, 3.63) is 0 Å². The molecule has 1 heterocycles. The summed E-state index contributed by atoms with van der Waals surface area (Å²) in [6.45, 7) is 9.40. The average Bonchev–Trinajstić information content (AvgIpc) is 3.04. The first kappa shape index (κ1) is 11.4. The van der Waals surface area contributed by atoms with E-state index in [1.54, 1.807) is 0 Å². The summed E-state index contributed by atoms with van der Waals surface area (Å²) in [5, 5.41) is 0. The van der Waals surface area contributed by atoms with E-state index in [0.29, 0.717) is 12.1 Å². The Hall–Kier alpha value is -0.120. The van der Waals surface area contributed by atoms with Crippen molar-refractivity contribution in [2.45, 2.75) is 51.3 Å². The van der Waals surface area contributed by atoms with Gasteiger partial charge in [0.1, 0.15) is 0 Å². The number of nitrogens with two attached hydrogens (primary N) is 1. The molecule has 3 nitrogen and oxygen atoms in total. The molecule has 0 aromatic carbocycles. The standard InChI is InChI=1S/C12H24N2O/c1-9-7-15-10(2)6-14(9)12(3,8-13)11-4-5-11/h9-11H,4-8,13H2,1-3H3. The van der Waals surface area contributed by atoms with Gasteiger partial charge in [0.25, 0.3) is 0 Å². The third-order valence-corrected chi connectivity index (χ3v) is 4.13. The van der Waals surface area contributed by atoms with E-state index in [1.807, 2.05) is 0 Å². The van der Waals surface area contributed by atoms with Crippen LogP contribution >= 0.6 is 0 Å². The molecule has 1 aliphatic heterocycles. The Morgan fingerprint density at radius 1 is 1.40 bits per heavy atom. The van der Waals surface area contributed by atoms with Crippen LogP contribution in [0, 0.1) is 5.92 Å². The van der Waals surface area contributed by atoms with E-state index >= 15 is 0 Å². The summed E-state index contributed by atoms with van der Waals surface area (Å²) < 4.78 is 5.68. The lowest BCUT2D eigenvalue weighted by atomic mass is 9.91. The maximum atomic E-state index is 6.00. The highest BCUT2D eigenvalue weighted by atomic mass is 16.5. The molecule has 15 heavy (non-hydrogen) atoms. The maximum Gasteiger partial charge on any atom is 0.0675 e. The van der Waals surface area contributed by atoms with Crippen molar-refractivity contribution in [1.82, 2.24) is 4.90 Å². The topological polar surface area (TPSA) is 38.5 Å². The molecular formula is C12H24N2O. The number of hydrogen-bond acceptors (Lipinski definition) is 3. The highest BCUT2D eigenvalue weighted by Gasteiger charge is 2.47. The van der Waals surface area contributed by atoms with Gasteiger partial charge in [-0.2, -0.15) is 0 Å². The Morgan fingerprint density at radius 3 is 2.60 bits per heavy atom. The van der Waals surface area contributed by atoms with E-state index in [0.717, 1.165) is 25.6 Å². The van der Waals surface area contributed by atoms with E-state index in [4.69, 9.17) is 10.5 Å². The molecule has 0 amide bonds. The lowest BCUT2D eigenvalue weighted by Gasteiger charge is -2.48. The summed E-state index contributed by atoms with van der Waals surface area (Å²) in [7, 11) is 0. The Balaban J connectivity index is 2.11. The molecule has 1 saturated heterocycles. The average molecular weight is 212 g/mol. The zero-order chi connectivity index (χ0) is 11.1. The van der Waals surface area contributed by atoms with Gasteiger partial charge in [-0.1, -0.05) is 0 Å². The van der Waals surface area contributed by atoms with Crippen molar-refractivity contribution in [2.24, 2.45) is 11.7 Å². The van der Waals surface area contributed by atoms with Gasteiger partial charge in [0, 0.05) is 24.7 Å². The summed E-state index contributed by atoms with van der Waals surface area (Å²) in [5.41, 5.74) is 6.21. The van der Waals surface area contributed by atoms with Crippen molar-refractivity contribution < 1.29 is 4.74 Å². The fraction of sp³-hybridized carbons (Fsp3) is 1.00. The molecular weight excluding hydrogens is 188 g/mol. The molecule has 2 fully saturated rings. The van der Waals surface area contributed by atoms with E-state index < -0.39 is 0 Å². The smallest absolute Gasteiger partial charge is 0.0675 e. The summed E-state index contributed by atoms with van der Waals surface area (Å²) in [5.74, 6) is 0.815. The van der Waals surface area contributed by atoms with Gasteiger partial charge in [0.05, 0.1) is 12.7 Å². The van der Waals surface area contributed by atoms with Crippen LogP contribution < -0.4 is 5.73 Å². The van der Waals surface area contributed by atoms with Crippen LogP contribution in [0.5, 0.6) is 0 Å². The van der Waals surface area contributed by atoms with Gasteiger partial charge in [-0.3, -0.25) is 4.90 Å². The third-order valence-electron chi connectivity index (χ3n) is 4.13. The SMILES string of the molecule is CC1CN(C(C)(CN)C2CC2)C(C)CO1. The molecule has 0 bridgehead atoms. The number of ether oxygens (including phenoxy) is 1. The van der Waals surface area contributed by atoms with Gasteiger partial charge < -0.3 is 10.5 Å². The summed E-state index contributed by atoms with van der Waals surface area (Å²) in [4.78, 5) is 2.58. The molecule has 1 aliphatic carbocycles. The Morgan fingerprint density at radius 2 is 2.07 bits per heavy atom. The molecule has 0 aromatic rings. The second-order valence-electron chi connectivity index (χ2n) is 5.48.